The van der Waals surface area contributed by atoms with Gasteiger partial charge in [0.25, 0.3) is 5.91 Å². The summed E-state index contributed by atoms with van der Waals surface area (Å²) in [6.07, 6.45) is 5.37. The van der Waals surface area contributed by atoms with E-state index >= 15 is 0 Å². The predicted octanol–water partition coefficient (Wildman–Crippen LogP) is 5.82. The number of esters is 1. The molecule has 0 radical (unpaired) electrons. The highest BCUT2D eigenvalue weighted by Crippen LogP contribution is 2.42. The lowest BCUT2D eigenvalue weighted by atomic mass is 9.67. The molecule has 1 saturated carbocycles. The Bertz CT molecular complexity index is 1740. The van der Waals surface area contributed by atoms with Crippen molar-refractivity contribution in [3.8, 4) is 0 Å². The van der Waals surface area contributed by atoms with Gasteiger partial charge in [0.2, 0.25) is 17.6 Å². The minimum atomic E-state index is -1.39. The smallest absolute Gasteiger partial charge is 0.325 e. The van der Waals surface area contributed by atoms with Crippen LogP contribution < -0.4 is 16.0 Å². The Morgan fingerprint density at radius 1 is 0.691 bits per heavy atom. The van der Waals surface area contributed by atoms with Gasteiger partial charge in [0.05, 0.1) is 25.2 Å². The Labute approximate surface area is 323 Å². The molecule has 2 unspecified atom stereocenters. The number of carbonyl (C=O) groups excluding carboxylic acids is 5. The van der Waals surface area contributed by atoms with Crippen LogP contribution in [0.25, 0.3) is 0 Å². The number of carbonyl (C=O) groups is 5. The van der Waals surface area contributed by atoms with Gasteiger partial charge in [0.15, 0.2) is 0 Å². The average Bonchev–Trinajstić information content (AvgIpc) is 3.23. The van der Waals surface area contributed by atoms with E-state index in [1.165, 1.54) is 0 Å². The first kappa shape index (κ1) is 40.6. The SMILES string of the molecule is CCOC(=O)CNC(=O)C(=O)C(COCc1ccccc1)NC(=O)C(CC1CCCCC1)NC(=O)CC(c1ccccc1)(c1ccccc1)c1ccccc1. The lowest BCUT2D eigenvalue weighted by molar-refractivity contribution is -0.146. The maximum atomic E-state index is 14.5. The summed E-state index contributed by atoms with van der Waals surface area (Å²) in [4.78, 5) is 67.3. The lowest BCUT2D eigenvalue weighted by Crippen LogP contribution is -2.56. The van der Waals surface area contributed by atoms with Gasteiger partial charge in [-0.05, 0) is 41.5 Å². The molecular formula is C45H51N3O7. The Hall–Kier alpha value is -5.61. The van der Waals surface area contributed by atoms with Gasteiger partial charge in [-0.3, -0.25) is 24.0 Å². The van der Waals surface area contributed by atoms with E-state index in [9.17, 15) is 24.0 Å². The summed E-state index contributed by atoms with van der Waals surface area (Å²) in [6.45, 7) is 1.07. The fourth-order valence-corrected chi connectivity index (χ4v) is 7.38. The fraction of sp³-hybridized carbons (Fsp3) is 0.356. The number of ether oxygens (including phenoxy) is 2. The molecule has 0 heterocycles. The van der Waals surface area contributed by atoms with Gasteiger partial charge in [-0.15, -0.1) is 0 Å². The zero-order valence-electron chi connectivity index (χ0n) is 31.4. The minimum absolute atomic E-state index is 0.00169. The summed E-state index contributed by atoms with van der Waals surface area (Å²) in [6, 6.07) is 36.5. The summed E-state index contributed by atoms with van der Waals surface area (Å²) in [7, 11) is 0. The van der Waals surface area contributed by atoms with Gasteiger partial charge in [0.1, 0.15) is 18.6 Å². The number of rotatable bonds is 19. The van der Waals surface area contributed by atoms with Crippen molar-refractivity contribution in [3.05, 3.63) is 144 Å². The molecule has 0 spiro atoms. The average molecular weight is 746 g/mol. The molecule has 3 amide bonds. The van der Waals surface area contributed by atoms with Crippen LogP contribution in [0.4, 0.5) is 0 Å². The molecule has 2 atom stereocenters. The largest absolute Gasteiger partial charge is 0.465 e. The molecule has 0 bridgehead atoms. The van der Waals surface area contributed by atoms with E-state index in [0.29, 0.717) is 6.42 Å². The molecule has 3 N–H and O–H groups in total. The molecule has 1 fully saturated rings. The van der Waals surface area contributed by atoms with Crippen molar-refractivity contribution < 1.29 is 33.4 Å². The van der Waals surface area contributed by atoms with Crippen molar-refractivity contribution in [1.82, 2.24) is 16.0 Å². The summed E-state index contributed by atoms with van der Waals surface area (Å²) >= 11 is 0. The third kappa shape index (κ3) is 11.4. The lowest BCUT2D eigenvalue weighted by Gasteiger charge is -2.36. The van der Waals surface area contributed by atoms with Gasteiger partial charge < -0.3 is 25.4 Å². The van der Waals surface area contributed by atoms with Crippen LogP contribution in [0.15, 0.2) is 121 Å². The zero-order valence-corrected chi connectivity index (χ0v) is 31.4. The first-order valence-corrected chi connectivity index (χ1v) is 19.2. The molecule has 5 rings (SSSR count). The Balaban J connectivity index is 1.42. The van der Waals surface area contributed by atoms with E-state index in [1.54, 1.807) is 6.92 Å². The molecule has 10 nitrogen and oxygen atoms in total. The van der Waals surface area contributed by atoms with Gasteiger partial charge in [-0.25, -0.2) is 0 Å². The maximum absolute atomic E-state index is 14.5. The minimum Gasteiger partial charge on any atom is -0.465 e. The second-order valence-electron chi connectivity index (χ2n) is 14.0. The second kappa shape index (κ2) is 20.7. The summed E-state index contributed by atoms with van der Waals surface area (Å²) in [5.41, 5.74) is 2.72. The molecule has 1 aliphatic rings. The zero-order chi connectivity index (χ0) is 38.9. The molecule has 1 aliphatic carbocycles. The van der Waals surface area contributed by atoms with Crippen LogP contribution in [-0.2, 0) is 45.5 Å². The third-order valence-corrected chi connectivity index (χ3v) is 10.1. The molecule has 0 saturated heterocycles. The molecule has 55 heavy (non-hydrogen) atoms. The topological polar surface area (TPSA) is 140 Å². The van der Waals surface area contributed by atoms with Gasteiger partial charge in [-0.2, -0.15) is 0 Å². The van der Waals surface area contributed by atoms with Crippen LogP contribution in [0.3, 0.4) is 0 Å². The monoisotopic (exact) mass is 745 g/mol. The highest BCUT2D eigenvalue weighted by Gasteiger charge is 2.40. The van der Waals surface area contributed by atoms with Crippen molar-refractivity contribution in [1.29, 1.82) is 0 Å². The van der Waals surface area contributed by atoms with E-state index in [2.05, 4.69) is 16.0 Å². The number of nitrogens with one attached hydrogen (secondary N) is 3. The molecule has 0 aliphatic heterocycles. The Kier molecular flexibility index (Phi) is 15.3. The van der Waals surface area contributed by atoms with Crippen molar-refractivity contribution in [3.63, 3.8) is 0 Å². The number of Topliss-reactive ketones (excluding diaryl/α,β-unsaturated/α-hetero) is 1. The van der Waals surface area contributed by atoms with Gasteiger partial charge in [-0.1, -0.05) is 153 Å². The van der Waals surface area contributed by atoms with Crippen molar-refractivity contribution in [2.45, 2.75) is 76.0 Å². The van der Waals surface area contributed by atoms with Gasteiger partial charge >= 0.3 is 5.97 Å². The van der Waals surface area contributed by atoms with E-state index in [0.717, 1.165) is 54.4 Å². The first-order valence-electron chi connectivity index (χ1n) is 19.2. The van der Waals surface area contributed by atoms with Crippen LogP contribution in [0.2, 0.25) is 0 Å². The van der Waals surface area contributed by atoms with Gasteiger partial charge in [0, 0.05) is 6.42 Å². The first-order chi connectivity index (χ1) is 26.8. The van der Waals surface area contributed by atoms with Crippen molar-refractivity contribution >= 4 is 29.5 Å². The summed E-state index contributed by atoms with van der Waals surface area (Å²) < 4.78 is 10.7. The molecular weight excluding hydrogens is 695 g/mol. The number of ketones is 1. The highest BCUT2D eigenvalue weighted by atomic mass is 16.5. The number of hydrogen-bond donors (Lipinski definition) is 3. The van der Waals surface area contributed by atoms with E-state index in [-0.39, 0.29) is 38.1 Å². The summed E-state index contributed by atoms with van der Waals surface area (Å²) in [5, 5.41) is 8.11. The Morgan fingerprint density at radius 3 is 1.75 bits per heavy atom. The fourth-order valence-electron chi connectivity index (χ4n) is 7.38. The maximum Gasteiger partial charge on any atom is 0.325 e. The third-order valence-electron chi connectivity index (χ3n) is 10.1. The predicted molar refractivity (Wildman–Crippen MR) is 210 cm³/mol. The number of benzene rings is 4. The van der Waals surface area contributed by atoms with E-state index in [4.69, 9.17) is 9.47 Å². The Morgan fingerprint density at radius 2 is 1.22 bits per heavy atom. The van der Waals surface area contributed by atoms with Crippen LogP contribution in [0.5, 0.6) is 0 Å². The molecule has 0 aromatic heterocycles. The highest BCUT2D eigenvalue weighted by molar-refractivity contribution is 6.38. The second-order valence-corrected chi connectivity index (χ2v) is 14.0. The number of amides is 3. The van der Waals surface area contributed by atoms with Crippen molar-refractivity contribution in [2.75, 3.05) is 19.8 Å². The molecule has 10 heteroatoms. The van der Waals surface area contributed by atoms with Crippen LogP contribution in [-0.4, -0.2) is 61.3 Å². The van der Waals surface area contributed by atoms with Crippen LogP contribution in [0.1, 0.15) is 74.1 Å². The van der Waals surface area contributed by atoms with E-state index < -0.39 is 47.6 Å². The van der Waals surface area contributed by atoms with Crippen LogP contribution >= 0.6 is 0 Å². The quantitative estimate of drug-likeness (QED) is 0.0625. The molecule has 4 aromatic carbocycles. The molecule has 288 valence electrons. The number of hydrogen-bond acceptors (Lipinski definition) is 7. The standard InChI is InChI=1S/C45H51N3O7/c1-2-55-41(50)30-46-44(53)42(51)39(32-54-31-34-20-10-4-11-21-34)48-43(52)38(28-33-18-8-3-9-19-33)47-40(49)29-45(35-22-12-5-13-23-35,36-24-14-6-15-25-36)37-26-16-7-17-27-37/h4-7,10-17,20-27,33,38-39H,2-3,8-9,18-19,28-32H2,1H3,(H,46,53)(H,47,49)(H,48,52). The normalized spacial score (nSPS) is 14.2. The van der Waals surface area contributed by atoms with E-state index in [1.807, 2.05) is 121 Å². The van der Waals surface area contributed by atoms with Crippen molar-refractivity contribution in [2.24, 2.45) is 5.92 Å². The van der Waals surface area contributed by atoms with Crippen LogP contribution in [0, 0.1) is 5.92 Å². The summed E-state index contributed by atoms with van der Waals surface area (Å²) in [5.74, 6) is -3.50. The molecule has 4 aromatic rings.